The molecule has 0 radical (unpaired) electrons. The average Bonchev–Trinajstić information content (AvgIpc) is 3.15. The van der Waals surface area contributed by atoms with Crippen LogP contribution in [-0.2, 0) is 26.5 Å². The maximum absolute atomic E-state index is 12.2. The van der Waals surface area contributed by atoms with Gasteiger partial charge in [0.05, 0.1) is 19.0 Å². The summed E-state index contributed by atoms with van der Waals surface area (Å²) in [5.41, 5.74) is -0.589. The summed E-state index contributed by atoms with van der Waals surface area (Å²) in [6.45, 7) is 2.33. The van der Waals surface area contributed by atoms with Crippen molar-refractivity contribution < 1.29 is 14.4 Å². The van der Waals surface area contributed by atoms with Crippen LogP contribution in [0.1, 0.15) is 18.9 Å². The van der Waals surface area contributed by atoms with Crippen LogP contribution in [0.3, 0.4) is 0 Å². The van der Waals surface area contributed by atoms with E-state index in [0.29, 0.717) is 18.0 Å². The third-order valence-corrected chi connectivity index (χ3v) is 4.83. The maximum atomic E-state index is 12.2. The Labute approximate surface area is 145 Å². The highest BCUT2D eigenvalue weighted by atomic mass is 35.5. The van der Waals surface area contributed by atoms with Gasteiger partial charge in [-0.2, -0.15) is 5.06 Å². The van der Waals surface area contributed by atoms with Crippen molar-refractivity contribution in [2.75, 3.05) is 14.2 Å². The van der Waals surface area contributed by atoms with Gasteiger partial charge in [-0.05, 0) is 24.6 Å². The summed E-state index contributed by atoms with van der Waals surface area (Å²) in [4.78, 5) is 22.3. The number of carbonyl (C=O) groups excluding carboxylic acids is 1. The Balaban J connectivity index is 2.05. The molecule has 6 nitrogen and oxygen atoms in total. The topological polar surface area (TPSA) is 56.6 Å². The van der Waals surface area contributed by atoms with Crippen LogP contribution in [-0.4, -0.2) is 40.3 Å². The molecule has 3 rings (SSSR count). The minimum Gasteiger partial charge on any atom is -0.467 e. The molecule has 0 spiro atoms. The van der Waals surface area contributed by atoms with Gasteiger partial charge >= 0.3 is 5.97 Å². The Kier molecular flexibility index (Phi) is 4.38. The van der Waals surface area contributed by atoms with Crippen LogP contribution in [0.4, 0.5) is 0 Å². The highest BCUT2D eigenvalue weighted by Gasteiger charge is 2.56. The Morgan fingerprint density at radius 3 is 2.71 bits per heavy atom. The lowest BCUT2D eigenvalue weighted by atomic mass is 9.81. The summed E-state index contributed by atoms with van der Waals surface area (Å²) < 4.78 is 6.91. The number of benzene rings is 1. The first-order valence-corrected chi connectivity index (χ1v) is 8.01. The van der Waals surface area contributed by atoms with E-state index in [2.05, 4.69) is 4.98 Å². The average molecular weight is 350 g/mol. The van der Waals surface area contributed by atoms with Crippen molar-refractivity contribution in [3.8, 4) is 0 Å². The van der Waals surface area contributed by atoms with Gasteiger partial charge in [-0.15, -0.1) is 0 Å². The summed E-state index contributed by atoms with van der Waals surface area (Å²) in [7, 11) is 3.20. The normalized spacial score (nSPS) is 27.3. The molecule has 0 amide bonds. The first kappa shape index (κ1) is 17.0. The van der Waals surface area contributed by atoms with Crippen molar-refractivity contribution in [1.29, 1.82) is 0 Å². The van der Waals surface area contributed by atoms with Crippen molar-refractivity contribution >= 4 is 17.6 Å². The van der Waals surface area contributed by atoms with E-state index >= 15 is 0 Å². The summed E-state index contributed by atoms with van der Waals surface area (Å²) >= 11 is 6.04. The molecule has 2 atom stereocenters. The first-order valence-electron chi connectivity index (χ1n) is 7.63. The molecule has 0 aliphatic carbocycles. The van der Waals surface area contributed by atoms with Crippen LogP contribution in [0.25, 0.3) is 0 Å². The molecule has 1 aromatic carbocycles. The molecule has 0 N–H and O–H groups in total. The number of aromatic nitrogens is 2. The summed E-state index contributed by atoms with van der Waals surface area (Å²) in [6, 6.07) is 7.60. The van der Waals surface area contributed by atoms with E-state index in [4.69, 9.17) is 21.2 Å². The second kappa shape index (κ2) is 6.20. The molecule has 7 heteroatoms. The largest absolute Gasteiger partial charge is 0.467 e. The number of halogens is 1. The van der Waals surface area contributed by atoms with Gasteiger partial charge in [0.2, 0.25) is 0 Å². The minimum absolute atomic E-state index is 0.393. The number of hydroxylamine groups is 2. The van der Waals surface area contributed by atoms with Crippen molar-refractivity contribution in [1.82, 2.24) is 14.6 Å². The van der Waals surface area contributed by atoms with E-state index in [9.17, 15) is 4.79 Å². The monoisotopic (exact) mass is 349 g/mol. The summed E-state index contributed by atoms with van der Waals surface area (Å²) in [5, 5.41) is 2.40. The zero-order valence-corrected chi connectivity index (χ0v) is 14.7. The maximum Gasteiger partial charge on any atom is 0.340 e. The van der Waals surface area contributed by atoms with Gasteiger partial charge in [-0.25, -0.2) is 9.78 Å². The fraction of sp³-hybridized carbons (Fsp3) is 0.412. The van der Waals surface area contributed by atoms with Crippen LogP contribution in [0.15, 0.2) is 43.0 Å². The van der Waals surface area contributed by atoms with E-state index in [1.54, 1.807) is 24.5 Å². The lowest BCUT2D eigenvalue weighted by molar-refractivity contribution is -0.218. The molecule has 1 saturated heterocycles. The summed E-state index contributed by atoms with van der Waals surface area (Å²) in [5.74, 6) is -0.393. The van der Waals surface area contributed by atoms with E-state index in [0.717, 1.165) is 5.56 Å². The quantitative estimate of drug-likeness (QED) is 0.794. The Hall–Kier alpha value is -1.89. The first-order chi connectivity index (χ1) is 11.4. The summed E-state index contributed by atoms with van der Waals surface area (Å²) in [6.07, 6.45) is 5.81. The highest BCUT2D eigenvalue weighted by Crippen LogP contribution is 2.46. The lowest BCUT2D eigenvalue weighted by Gasteiger charge is -2.34. The van der Waals surface area contributed by atoms with Gasteiger partial charge in [0.1, 0.15) is 0 Å². The van der Waals surface area contributed by atoms with Crippen LogP contribution in [0, 0.1) is 0 Å². The van der Waals surface area contributed by atoms with E-state index in [1.807, 2.05) is 42.1 Å². The number of hydrogen-bond acceptors (Lipinski definition) is 5. The number of carbonyl (C=O) groups is 1. The Morgan fingerprint density at radius 2 is 2.12 bits per heavy atom. The predicted molar refractivity (Wildman–Crippen MR) is 89.2 cm³/mol. The van der Waals surface area contributed by atoms with Gasteiger partial charge in [-0.1, -0.05) is 23.7 Å². The number of esters is 1. The van der Waals surface area contributed by atoms with Crippen LogP contribution >= 0.6 is 11.6 Å². The number of likely N-dealkylation sites (N-methyl/N-ethyl adjacent to an activating group) is 1. The molecular formula is C17H20ClN3O3. The zero-order valence-electron chi connectivity index (χ0n) is 13.9. The molecule has 24 heavy (non-hydrogen) atoms. The highest BCUT2D eigenvalue weighted by molar-refractivity contribution is 6.30. The number of methoxy groups -OCH3 is 1. The van der Waals surface area contributed by atoms with Crippen LogP contribution in [0.5, 0.6) is 0 Å². The number of rotatable bonds is 4. The second-order valence-electron chi connectivity index (χ2n) is 6.26. The van der Waals surface area contributed by atoms with Gasteiger partial charge in [0, 0.05) is 37.4 Å². The molecule has 2 unspecified atom stereocenters. The molecule has 128 valence electrons. The Morgan fingerprint density at radius 1 is 1.42 bits per heavy atom. The second-order valence-corrected chi connectivity index (χ2v) is 6.70. The van der Waals surface area contributed by atoms with Crippen molar-refractivity contribution in [2.45, 2.75) is 31.0 Å². The van der Waals surface area contributed by atoms with Crippen molar-refractivity contribution in [3.63, 3.8) is 0 Å². The molecule has 0 saturated carbocycles. The van der Waals surface area contributed by atoms with E-state index < -0.39 is 17.1 Å². The van der Waals surface area contributed by atoms with Gasteiger partial charge in [-0.3, -0.25) is 4.84 Å². The Bertz CT molecular complexity index is 719. The predicted octanol–water partition coefficient (Wildman–Crippen LogP) is 2.63. The molecule has 1 aromatic heterocycles. The molecule has 1 aliphatic rings. The fourth-order valence-electron chi connectivity index (χ4n) is 3.39. The smallest absolute Gasteiger partial charge is 0.340 e. The number of imidazole rings is 1. The fourth-order valence-corrected chi connectivity index (χ4v) is 3.52. The van der Waals surface area contributed by atoms with Crippen molar-refractivity contribution in [2.24, 2.45) is 0 Å². The van der Waals surface area contributed by atoms with Gasteiger partial charge in [0.25, 0.3) is 0 Å². The third-order valence-electron chi connectivity index (χ3n) is 4.57. The van der Waals surface area contributed by atoms with Gasteiger partial charge < -0.3 is 9.30 Å². The SMILES string of the molecule is COC(=O)C1(C)CC(Cn2ccnc2)(c2ccc(Cl)cc2)N(C)O1. The third kappa shape index (κ3) is 2.81. The molecule has 1 fully saturated rings. The number of nitrogens with zero attached hydrogens (tertiary/aromatic N) is 3. The molecule has 2 aromatic rings. The van der Waals surface area contributed by atoms with Crippen LogP contribution in [0.2, 0.25) is 5.02 Å². The van der Waals surface area contributed by atoms with E-state index in [1.165, 1.54) is 7.11 Å². The van der Waals surface area contributed by atoms with Crippen molar-refractivity contribution in [3.05, 3.63) is 53.6 Å². The molecule has 0 bridgehead atoms. The van der Waals surface area contributed by atoms with E-state index in [-0.39, 0.29) is 0 Å². The molecule has 1 aliphatic heterocycles. The molecule has 2 heterocycles. The number of ether oxygens (including phenoxy) is 1. The number of hydrogen-bond donors (Lipinski definition) is 0. The van der Waals surface area contributed by atoms with Crippen LogP contribution < -0.4 is 0 Å². The minimum atomic E-state index is -1.05. The zero-order chi connectivity index (χ0) is 17.4. The standard InChI is InChI=1S/C17H20ClN3O3/c1-16(15(22)23-3)10-17(20(2)24-16,11-21-9-8-19-12-21)13-4-6-14(18)7-5-13/h4-9,12H,10-11H2,1-3H3. The molecular weight excluding hydrogens is 330 g/mol. The lowest BCUT2D eigenvalue weighted by Crippen LogP contribution is -2.41. The van der Waals surface area contributed by atoms with Gasteiger partial charge in [0.15, 0.2) is 5.60 Å².